The second kappa shape index (κ2) is 14.4. The van der Waals surface area contributed by atoms with E-state index in [-0.39, 0.29) is 5.97 Å². The molecule has 0 bridgehead atoms. The van der Waals surface area contributed by atoms with Gasteiger partial charge in [-0.3, -0.25) is 4.90 Å². The Hall–Kier alpha value is -4.04. The quantitative estimate of drug-likeness (QED) is 0.152. The highest BCUT2D eigenvalue weighted by molar-refractivity contribution is 7.21. The van der Waals surface area contributed by atoms with Crippen molar-refractivity contribution in [3.63, 3.8) is 0 Å². The molecule has 4 aromatic rings. The van der Waals surface area contributed by atoms with Crippen LogP contribution in [0.5, 0.6) is 0 Å². The Labute approximate surface area is 270 Å². The van der Waals surface area contributed by atoms with E-state index in [9.17, 15) is 4.79 Å². The molecule has 0 radical (unpaired) electrons. The summed E-state index contributed by atoms with van der Waals surface area (Å²) in [6.45, 7) is 11.4. The molecule has 3 heterocycles. The summed E-state index contributed by atoms with van der Waals surface area (Å²) in [6.07, 6.45) is 10.6. The van der Waals surface area contributed by atoms with Crippen LogP contribution in [0.15, 0.2) is 90.5 Å². The van der Waals surface area contributed by atoms with Gasteiger partial charge >= 0.3 is 5.97 Å². The normalized spacial score (nSPS) is 16.4. The first-order valence-corrected chi connectivity index (χ1v) is 16.7. The van der Waals surface area contributed by atoms with Crippen molar-refractivity contribution in [3.05, 3.63) is 102 Å². The second-order valence-corrected chi connectivity index (χ2v) is 12.8. The maximum atomic E-state index is 12.5. The topological polar surface area (TPSA) is 57.7 Å². The fraction of sp³-hybridized carbons (Fsp3) is 0.316. The summed E-state index contributed by atoms with van der Waals surface area (Å²) in [5, 5.41) is 4.38. The van der Waals surface area contributed by atoms with Crippen LogP contribution in [0, 0.1) is 0 Å². The summed E-state index contributed by atoms with van der Waals surface area (Å²) in [5.41, 5.74) is 9.83. The van der Waals surface area contributed by atoms with Crippen molar-refractivity contribution < 1.29 is 9.53 Å². The molecular formula is C38H42N4O2S. The number of hydrogen-bond acceptors (Lipinski definition) is 7. The van der Waals surface area contributed by atoms with Gasteiger partial charge in [0.25, 0.3) is 0 Å². The summed E-state index contributed by atoms with van der Waals surface area (Å²) >= 11 is 1.75. The third kappa shape index (κ3) is 7.28. The molecule has 0 saturated carbocycles. The molecule has 0 unspecified atom stereocenters. The predicted molar refractivity (Wildman–Crippen MR) is 189 cm³/mol. The Morgan fingerprint density at radius 1 is 1.00 bits per heavy atom. The van der Waals surface area contributed by atoms with Crippen LogP contribution in [0.2, 0.25) is 0 Å². The van der Waals surface area contributed by atoms with Crippen molar-refractivity contribution >= 4 is 38.8 Å². The lowest BCUT2D eigenvalue weighted by molar-refractivity contribution is 0.0600. The number of allylic oxidation sites excluding steroid dienone is 3. The standard InChI is InChI=1S/C38H42N4O2S/c1-4-5-6-27(2)17-20-41-21-23-42(24-22-41)32-12-14-35-36(26-32)45-37(40-35)30-9-7-28(8-10-30)31-11-13-33(38(43)44-3)34(25-31)29-15-18-39-19-16-29/h4-15,25-26,39H,16-24H2,1-3H3/b5-4-,27-6+. The van der Waals surface area contributed by atoms with Crippen LogP contribution in [0.25, 0.3) is 37.5 Å². The molecule has 6 rings (SSSR count). The first-order valence-electron chi connectivity index (χ1n) is 15.9. The number of carbonyl (C=O) groups excluding carboxylic acids is 1. The minimum atomic E-state index is -0.300. The lowest BCUT2D eigenvalue weighted by atomic mass is 9.91. The maximum absolute atomic E-state index is 12.5. The Balaban J connectivity index is 1.15. The fourth-order valence-electron chi connectivity index (χ4n) is 6.09. The van der Waals surface area contributed by atoms with E-state index in [1.165, 1.54) is 28.6 Å². The lowest BCUT2D eigenvalue weighted by Crippen LogP contribution is -2.46. The van der Waals surface area contributed by atoms with Crippen LogP contribution in [0.3, 0.4) is 0 Å². The van der Waals surface area contributed by atoms with Gasteiger partial charge < -0.3 is 15.0 Å². The zero-order chi connectivity index (χ0) is 31.2. The molecule has 1 N–H and O–H groups in total. The maximum Gasteiger partial charge on any atom is 0.338 e. The molecule has 232 valence electrons. The number of benzene rings is 3. The summed E-state index contributed by atoms with van der Waals surface area (Å²) in [5.74, 6) is -0.300. The number of aromatic nitrogens is 1. The van der Waals surface area contributed by atoms with Crippen LogP contribution in [-0.4, -0.2) is 68.8 Å². The zero-order valence-corrected chi connectivity index (χ0v) is 27.3. The molecule has 2 aliphatic rings. The van der Waals surface area contributed by atoms with E-state index in [1.54, 1.807) is 11.3 Å². The molecule has 7 heteroatoms. The highest BCUT2D eigenvalue weighted by atomic mass is 32.1. The predicted octanol–water partition coefficient (Wildman–Crippen LogP) is 7.83. The van der Waals surface area contributed by atoms with Gasteiger partial charge in [-0.2, -0.15) is 0 Å². The second-order valence-electron chi connectivity index (χ2n) is 11.8. The van der Waals surface area contributed by atoms with Gasteiger partial charge in [0.15, 0.2) is 0 Å². The van der Waals surface area contributed by atoms with Gasteiger partial charge in [0.05, 0.1) is 22.9 Å². The van der Waals surface area contributed by atoms with Crippen molar-refractivity contribution in [1.29, 1.82) is 0 Å². The number of carbonyl (C=O) groups is 1. The number of rotatable bonds is 9. The molecule has 1 fully saturated rings. The minimum absolute atomic E-state index is 0.300. The molecule has 1 aromatic heterocycles. The Bertz CT molecular complexity index is 1740. The molecule has 2 aliphatic heterocycles. The van der Waals surface area contributed by atoms with Crippen molar-refractivity contribution in [3.8, 4) is 21.7 Å². The van der Waals surface area contributed by atoms with Crippen LogP contribution < -0.4 is 10.2 Å². The molecule has 3 aromatic carbocycles. The van der Waals surface area contributed by atoms with Crippen molar-refractivity contribution in [2.24, 2.45) is 0 Å². The average molecular weight is 619 g/mol. The fourth-order valence-corrected chi connectivity index (χ4v) is 7.10. The number of ether oxygens (including phenoxy) is 1. The van der Waals surface area contributed by atoms with Crippen LogP contribution in [-0.2, 0) is 4.74 Å². The van der Waals surface area contributed by atoms with Gasteiger partial charge in [0.1, 0.15) is 5.01 Å². The number of nitrogens with one attached hydrogen (secondary N) is 1. The van der Waals surface area contributed by atoms with Gasteiger partial charge in [-0.1, -0.05) is 60.2 Å². The Kier molecular flexibility index (Phi) is 9.89. The van der Waals surface area contributed by atoms with Gasteiger partial charge in [0.2, 0.25) is 0 Å². The van der Waals surface area contributed by atoms with Crippen molar-refractivity contribution in [2.45, 2.75) is 26.7 Å². The molecule has 0 spiro atoms. The monoisotopic (exact) mass is 618 g/mol. The molecule has 1 saturated heterocycles. The Morgan fingerprint density at radius 3 is 2.51 bits per heavy atom. The van der Waals surface area contributed by atoms with Gasteiger partial charge in [-0.05, 0) is 85.8 Å². The first kappa shape index (κ1) is 31.0. The molecular weight excluding hydrogens is 577 g/mol. The zero-order valence-electron chi connectivity index (χ0n) is 26.5. The molecule has 45 heavy (non-hydrogen) atoms. The summed E-state index contributed by atoms with van der Waals surface area (Å²) < 4.78 is 6.30. The molecule has 0 amide bonds. The van der Waals surface area contributed by atoms with Crippen molar-refractivity contribution in [2.75, 3.05) is 57.8 Å². The number of nitrogens with zero attached hydrogens (tertiary/aromatic N) is 3. The molecule has 0 atom stereocenters. The highest BCUT2D eigenvalue weighted by Gasteiger charge is 2.19. The van der Waals surface area contributed by atoms with E-state index < -0.39 is 0 Å². The SMILES string of the molecule is C/C=C\C=C(/C)CCN1CCN(c2ccc3nc(-c4ccc(-c5ccc(C(=O)OC)c(C6=CCNCC6)c5)cc4)sc3c2)CC1. The summed E-state index contributed by atoms with van der Waals surface area (Å²) in [4.78, 5) is 22.6. The highest BCUT2D eigenvalue weighted by Crippen LogP contribution is 2.35. The number of anilines is 1. The first-order chi connectivity index (χ1) is 22.0. The van der Waals surface area contributed by atoms with Crippen molar-refractivity contribution in [1.82, 2.24) is 15.2 Å². The number of esters is 1. The van der Waals surface area contributed by atoms with Crippen LogP contribution in [0.4, 0.5) is 5.69 Å². The molecule has 6 nitrogen and oxygen atoms in total. The number of hydrogen-bond donors (Lipinski definition) is 1. The molecule has 0 aliphatic carbocycles. The largest absolute Gasteiger partial charge is 0.465 e. The van der Waals surface area contributed by atoms with Gasteiger partial charge in [0, 0.05) is 50.5 Å². The number of piperazine rings is 1. The summed E-state index contributed by atoms with van der Waals surface area (Å²) in [7, 11) is 1.44. The number of methoxy groups -OCH3 is 1. The third-order valence-electron chi connectivity index (χ3n) is 8.80. The van der Waals surface area contributed by atoms with E-state index in [0.717, 1.165) is 91.4 Å². The number of fused-ring (bicyclic) bond motifs is 1. The third-order valence-corrected chi connectivity index (χ3v) is 9.87. The van der Waals surface area contributed by atoms with Crippen LogP contribution >= 0.6 is 11.3 Å². The van der Waals surface area contributed by atoms with E-state index in [0.29, 0.717) is 5.56 Å². The van der Waals surface area contributed by atoms with E-state index in [4.69, 9.17) is 9.72 Å². The lowest BCUT2D eigenvalue weighted by Gasteiger charge is -2.36. The van der Waals surface area contributed by atoms with E-state index in [1.807, 2.05) is 12.1 Å². The number of thiazole rings is 1. The van der Waals surface area contributed by atoms with E-state index in [2.05, 4.69) is 102 Å². The minimum Gasteiger partial charge on any atom is -0.465 e. The Morgan fingerprint density at radius 2 is 1.78 bits per heavy atom. The van der Waals surface area contributed by atoms with Gasteiger partial charge in [-0.15, -0.1) is 11.3 Å². The summed E-state index contributed by atoms with van der Waals surface area (Å²) in [6, 6.07) is 21.3. The van der Waals surface area contributed by atoms with Gasteiger partial charge in [-0.25, -0.2) is 9.78 Å². The average Bonchev–Trinajstić information content (AvgIpc) is 3.53. The smallest absolute Gasteiger partial charge is 0.338 e. The van der Waals surface area contributed by atoms with Crippen LogP contribution in [0.1, 0.15) is 42.6 Å². The van der Waals surface area contributed by atoms with E-state index >= 15 is 0 Å².